The van der Waals surface area contributed by atoms with E-state index in [0.29, 0.717) is 12.3 Å². The SMILES string of the molecule is CC1CCN2CC34CC5(C(=O)Nc6c5ccc5c6C=CC(C)(C)O5)C(C)(C)C3CC12C(=O)N4C. The summed E-state index contributed by atoms with van der Waals surface area (Å²) in [5.41, 5.74) is 0.867. The van der Waals surface area contributed by atoms with Gasteiger partial charge in [0.1, 0.15) is 16.9 Å². The van der Waals surface area contributed by atoms with Crippen LogP contribution in [0, 0.1) is 17.3 Å². The Labute approximate surface area is 201 Å². The molecular weight excluding hydrogens is 426 g/mol. The van der Waals surface area contributed by atoms with Crippen LogP contribution in [0.5, 0.6) is 5.75 Å². The fourth-order valence-electron chi connectivity index (χ4n) is 9.17. The van der Waals surface area contributed by atoms with Crippen molar-refractivity contribution in [2.24, 2.45) is 17.3 Å². The zero-order chi connectivity index (χ0) is 24.1. The molecule has 1 aliphatic carbocycles. The first-order chi connectivity index (χ1) is 15.9. The van der Waals surface area contributed by atoms with E-state index in [9.17, 15) is 9.59 Å². The number of nitrogens with one attached hydrogen (secondary N) is 1. The molecule has 2 bridgehead atoms. The Balaban J connectivity index is 1.43. The highest BCUT2D eigenvalue weighted by Crippen LogP contribution is 2.72. The van der Waals surface area contributed by atoms with Crippen molar-refractivity contribution in [2.45, 2.75) is 76.0 Å². The fraction of sp³-hybridized carbons (Fsp3) is 0.643. The third kappa shape index (κ3) is 1.95. The smallest absolute Gasteiger partial charge is 0.243 e. The fourth-order valence-corrected chi connectivity index (χ4v) is 9.17. The van der Waals surface area contributed by atoms with E-state index in [2.05, 4.69) is 54.1 Å². The zero-order valence-corrected chi connectivity index (χ0v) is 21.1. The Hall–Kier alpha value is -2.34. The van der Waals surface area contributed by atoms with Gasteiger partial charge in [-0.25, -0.2) is 0 Å². The van der Waals surface area contributed by atoms with Crippen LogP contribution in [0.25, 0.3) is 6.08 Å². The number of rotatable bonds is 0. The van der Waals surface area contributed by atoms with E-state index in [4.69, 9.17) is 4.74 Å². The summed E-state index contributed by atoms with van der Waals surface area (Å²) in [5, 5.41) is 3.30. The molecule has 6 aliphatic heterocycles. The van der Waals surface area contributed by atoms with Crippen molar-refractivity contribution in [3.8, 4) is 5.75 Å². The third-order valence-corrected chi connectivity index (χ3v) is 11.0. The summed E-state index contributed by atoms with van der Waals surface area (Å²) in [5.74, 6) is 1.78. The molecule has 8 rings (SSSR count). The van der Waals surface area contributed by atoms with Gasteiger partial charge in [-0.1, -0.05) is 26.8 Å². The summed E-state index contributed by atoms with van der Waals surface area (Å²) in [6.45, 7) is 12.8. The van der Waals surface area contributed by atoms with Crippen molar-refractivity contribution < 1.29 is 14.3 Å². The Morgan fingerprint density at radius 1 is 1.15 bits per heavy atom. The number of piperazine rings is 1. The van der Waals surface area contributed by atoms with E-state index in [-0.39, 0.29) is 34.3 Å². The molecule has 1 N–H and O–H groups in total. The molecule has 3 spiro atoms. The second-order valence-corrected chi connectivity index (χ2v) is 13.0. The van der Waals surface area contributed by atoms with E-state index in [1.54, 1.807) is 0 Å². The molecule has 0 aromatic heterocycles. The second-order valence-electron chi connectivity index (χ2n) is 13.0. The summed E-state index contributed by atoms with van der Waals surface area (Å²) in [7, 11) is 2.01. The maximum atomic E-state index is 14.1. The van der Waals surface area contributed by atoms with Gasteiger partial charge in [-0.05, 0) is 80.7 Å². The highest BCUT2D eigenvalue weighted by Gasteiger charge is 2.80. The summed E-state index contributed by atoms with van der Waals surface area (Å²) in [6, 6.07) is 4.16. The number of hydrogen-bond donors (Lipinski definition) is 1. The van der Waals surface area contributed by atoms with Gasteiger partial charge >= 0.3 is 0 Å². The van der Waals surface area contributed by atoms with E-state index in [1.165, 1.54) is 0 Å². The van der Waals surface area contributed by atoms with Crippen molar-refractivity contribution in [3.05, 3.63) is 29.3 Å². The molecule has 6 nitrogen and oxygen atoms in total. The molecule has 2 amide bonds. The van der Waals surface area contributed by atoms with Crippen molar-refractivity contribution >= 4 is 23.6 Å². The number of hydrogen-bond acceptors (Lipinski definition) is 4. The molecule has 0 radical (unpaired) electrons. The van der Waals surface area contributed by atoms with Crippen LogP contribution in [-0.2, 0) is 15.0 Å². The normalized spacial score (nSPS) is 42.4. The molecule has 6 heterocycles. The standard InChI is InChI=1S/C28H35N3O3/c1-16-10-12-31-15-26-14-27(25(4,5)20(26)13-28(16,31)23(33)30(26)6)18-7-8-19-17(21(18)29-22(27)32)9-11-24(2,3)34-19/h7-9,11,16,20H,10,12-15H2,1-6H3,(H,29,32). The lowest BCUT2D eigenvalue weighted by atomic mass is 9.56. The predicted molar refractivity (Wildman–Crippen MR) is 131 cm³/mol. The number of benzene rings is 1. The quantitative estimate of drug-likeness (QED) is 0.638. The van der Waals surface area contributed by atoms with Crippen LogP contribution in [0.4, 0.5) is 5.69 Å². The van der Waals surface area contributed by atoms with Gasteiger partial charge in [-0.3, -0.25) is 14.5 Å². The molecule has 7 aliphatic rings. The average Bonchev–Trinajstić information content (AvgIpc) is 3.32. The minimum atomic E-state index is -0.675. The Morgan fingerprint density at radius 2 is 1.91 bits per heavy atom. The van der Waals surface area contributed by atoms with Gasteiger partial charge in [0.2, 0.25) is 11.8 Å². The topological polar surface area (TPSA) is 61.9 Å². The molecule has 5 fully saturated rings. The molecule has 180 valence electrons. The monoisotopic (exact) mass is 461 g/mol. The molecule has 1 saturated carbocycles. The van der Waals surface area contributed by atoms with Crippen molar-refractivity contribution in [1.29, 1.82) is 0 Å². The van der Waals surface area contributed by atoms with Crippen LogP contribution in [-0.4, -0.2) is 58.4 Å². The number of amides is 2. The first kappa shape index (κ1) is 21.0. The molecule has 5 atom stereocenters. The second kappa shape index (κ2) is 5.72. The molecule has 1 aromatic rings. The Morgan fingerprint density at radius 3 is 2.68 bits per heavy atom. The summed E-state index contributed by atoms with van der Waals surface area (Å²) in [6.07, 6.45) is 6.77. The van der Waals surface area contributed by atoms with Crippen molar-refractivity contribution in [1.82, 2.24) is 9.80 Å². The van der Waals surface area contributed by atoms with Crippen LogP contribution >= 0.6 is 0 Å². The lowest BCUT2D eigenvalue weighted by Crippen LogP contribution is -2.79. The van der Waals surface area contributed by atoms with Gasteiger partial charge < -0.3 is 15.0 Å². The van der Waals surface area contributed by atoms with Gasteiger partial charge in [0, 0.05) is 19.2 Å². The number of carbonyl (C=O) groups excluding carboxylic acids is 2. The van der Waals surface area contributed by atoms with E-state index in [1.807, 2.05) is 27.0 Å². The molecule has 1 aromatic carbocycles. The third-order valence-electron chi connectivity index (χ3n) is 11.0. The predicted octanol–water partition coefficient (Wildman–Crippen LogP) is 3.80. The highest BCUT2D eigenvalue weighted by molar-refractivity contribution is 6.10. The van der Waals surface area contributed by atoms with Gasteiger partial charge in [0.05, 0.1) is 16.6 Å². The van der Waals surface area contributed by atoms with Crippen LogP contribution in [0.2, 0.25) is 0 Å². The number of fused-ring (bicyclic) bond motifs is 5. The molecule has 6 heteroatoms. The number of carbonyl (C=O) groups is 2. The lowest BCUT2D eigenvalue weighted by molar-refractivity contribution is -0.189. The summed E-state index contributed by atoms with van der Waals surface area (Å²) in [4.78, 5) is 32.5. The van der Waals surface area contributed by atoms with Gasteiger partial charge in [-0.2, -0.15) is 0 Å². The van der Waals surface area contributed by atoms with Crippen LogP contribution in [0.3, 0.4) is 0 Å². The number of ether oxygens (including phenoxy) is 1. The number of piperidine rings is 2. The molecular formula is C28H35N3O3. The maximum Gasteiger partial charge on any atom is 0.243 e. The summed E-state index contributed by atoms with van der Waals surface area (Å²) >= 11 is 0. The van der Waals surface area contributed by atoms with Crippen LogP contribution in [0.1, 0.15) is 65.0 Å². The molecule has 34 heavy (non-hydrogen) atoms. The van der Waals surface area contributed by atoms with E-state index < -0.39 is 11.0 Å². The summed E-state index contributed by atoms with van der Waals surface area (Å²) < 4.78 is 6.22. The first-order valence-corrected chi connectivity index (χ1v) is 12.8. The van der Waals surface area contributed by atoms with Crippen LogP contribution in [0.15, 0.2) is 18.2 Å². The zero-order valence-electron chi connectivity index (χ0n) is 21.1. The van der Waals surface area contributed by atoms with Gasteiger partial charge in [0.25, 0.3) is 0 Å². The minimum absolute atomic E-state index is 0.0814. The Bertz CT molecular complexity index is 1220. The first-order valence-electron chi connectivity index (χ1n) is 12.8. The van der Waals surface area contributed by atoms with Gasteiger partial charge in [-0.15, -0.1) is 0 Å². The van der Waals surface area contributed by atoms with E-state index in [0.717, 1.165) is 48.5 Å². The molecule has 4 saturated heterocycles. The largest absolute Gasteiger partial charge is 0.483 e. The van der Waals surface area contributed by atoms with Gasteiger partial charge in [0.15, 0.2) is 0 Å². The lowest BCUT2D eigenvalue weighted by Gasteiger charge is -2.65. The van der Waals surface area contributed by atoms with Crippen molar-refractivity contribution in [3.63, 3.8) is 0 Å². The van der Waals surface area contributed by atoms with E-state index >= 15 is 0 Å². The van der Waals surface area contributed by atoms with Crippen molar-refractivity contribution in [2.75, 3.05) is 25.5 Å². The maximum absolute atomic E-state index is 14.1. The number of anilines is 1. The highest BCUT2D eigenvalue weighted by atomic mass is 16.5. The average molecular weight is 462 g/mol. The molecule has 5 unspecified atom stereocenters. The minimum Gasteiger partial charge on any atom is -0.483 e. The Kier molecular flexibility index (Phi) is 3.53. The number of likely N-dealkylation sites (N-methyl/N-ethyl adjacent to an activating group) is 1. The number of nitrogens with zero attached hydrogens (tertiary/aromatic N) is 2. The van der Waals surface area contributed by atoms with Crippen LogP contribution < -0.4 is 10.1 Å².